The molecule has 114 valence electrons. The Kier molecular flexibility index (Phi) is 4.56. The second-order valence-electron chi connectivity index (χ2n) is 5.93. The van der Waals surface area contributed by atoms with Crippen molar-refractivity contribution in [2.45, 2.75) is 39.7 Å². The molecule has 4 nitrogen and oxygen atoms in total. The number of benzene rings is 1. The summed E-state index contributed by atoms with van der Waals surface area (Å²) in [6, 6.07) is 8.75. The molecule has 0 aliphatic rings. The lowest BCUT2D eigenvalue weighted by atomic mass is 10.1. The van der Waals surface area contributed by atoms with Gasteiger partial charge in [-0.25, -0.2) is 0 Å². The Labute approximate surface area is 127 Å². The number of aryl methyl sites for hydroxylation is 2. The zero-order valence-electron chi connectivity index (χ0n) is 13.7. The fourth-order valence-corrected chi connectivity index (χ4v) is 2.66. The molecule has 0 bridgehead atoms. The smallest absolute Gasteiger partial charge is 0.150 e. The van der Waals surface area contributed by atoms with E-state index in [2.05, 4.69) is 62.1 Å². The second kappa shape index (κ2) is 6.20. The highest BCUT2D eigenvalue weighted by molar-refractivity contribution is 5.66. The van der Waals surface area contributed by atoms with Crippen LogP contribution in [0.4, 0.5) is 11.5 Å². The molecule has 1 aromatic carbocycles. The number of rotatable bonds is 5. The van der Waals surface area contributed by atoms with E-state index in [1.54, 1.807) is 0 Å². The summed E-state index contributed by atoms with van der Waals surface area (Å²) in [6.07, 6.45) is 1.07. The Balaban J connectivity index is 2.21. The Morgan fingerprint density at radius 1 is 1.19 bits per heavy atom. The van der Waals surface area contributed by atoms with Gasteiger partial charge in [0.25, 0.3) is 0 Å². The molecule has 4 heteroatoms. The molecule has 1 aromatic heterocycles. The zero-order chi connectivity index (χ0) is 15.6. The van der Waals surface area contributed by atoms with Crippen molar-refractivity contribution in [2.24, 2.45) is 7.05 Å². The topological polar surface area (TPSA) is 47.1 Å². The van der Waals surface area contributed by atoms with Gasteiger partial charge in [0.15, 0.2) is 0 Å². The van der Waals surface area contributed by atoms with E-state index in [1.807, 2.05) is 11.7 Å². The van der Waals surface area contributed by atoms with Gasteiger partial charge in [0.2, 0.25) is 0 Å². The van der Waals surface area contributed by atoms with Crippen LogP contribution in [0.2, 0.25) is 0 Å². The average Bonchev–Trinajstić information content (AvgIpc) is 2.75. The van der Waals surface area contributed by atoms with Crippen LogP contribution in [0.5, 0.6) is 0 Å². The van der Waals surface area contributed by atoms with E-state index in [9.17, 15) is 0 Å². The van der Waals surface area contributed by atoms with E-state index in [4.69, 9.17) is 5.73 Å². The van der Waals surface area contributed by atoms with Crippen molar-refractivity contribution < 1.29 is 0 Å². The normalized spacial score (nSPS) is 11.1. The van der Waals surface area contributed by atoms with Crippen molar-refractivity contribution in [3.63, 3.8) is 0 Å². The molecule has 2 rings (SSSR count). The van der Waals surface area contributed by atoms with E-state index < -0.39 is 0 Å². The lowest BCUT2D eigenvalue weighted by molar-refractivity contribution is 0.698. The zero-order valence-corrected chi connectivity index (χ0v) is 13.7. The van der Waals surface area contributed by atoms with Gasteiger partial charge >= 0.3 is 0 Å². The van der Waals surface area contributed by atoms with Crippen LogP contribution in [0.25, 0.3) is 0 Å². The highest BCUT2D eigenvalue weighted by Crippen LogP contribution is 2.30. The predicted molar refractivity (Wildman–Crippen MR) is 89.6 cm³/mol. The quantitative estimate of drug-likeness (QED) is 0.917. The first-order chi connectivity index (χ1) is 9.93. The lowest BCUT2D eigenvalue weighted by Gasteiger charge is -2.20. The summed E-state index contributed by atoms with van der Waals surface area (Å²) in [4.78, 5) is 2.16. The molecular weight excluding hydrogens is 260 g/mol. The first-order valence-corrected chi connectivity index (χ1v) is 7.55. The van der Waals surface area contributed by atoms with Gasteiger partial charge in [-0.2, -0.15) is 5.10 Å². The molecule has 2 aromatic rings. The second-order valence-corrected chi connectivity index (χ2v) is 5.93. The molecule has 0 unspecified atom stereocenters. The standard InChI is InChI=1S/C17H26N4/c1-6-13-7-9-14(10-8-13)11-20(4)17-15(18)16(12(2)3)19-21(17)5/h7-10,12H,6,11,18H2,1-5H3. The van der Waals surface area contributed by atoms with E-state index in [1.165, 1.54) is 11.1 Å². The van der Waals surface area contributed by atoms with E-state index >= 15 is 0 Å². The molecule has 0 spiro atoms. The molecule has 0 saturated heterocycles. The first-order valence-electron chi connectivity index (χ1n) is 7.55. The summed E-state index contributed by atoms with van der Waals surface area (Å²) in [5.41, 5.74) is 10.7. The van der Waals surface area contributed by atoms with Gasteiger partial charge in [0, 0.05) is 20.6 Å². The summed E-state index contributed by atoms with van der Waals surface area (Å²) in [7, 11) is 4.01. The van der Waals surface area contributed by atoms with Crippen molar-refractivity contribution in [3.05, 3.63) is 41.1 Å². The fraction of sp³-hybridized carbons (Fsp3) is 0.471. The number of nitrogens with two attached hydrogens (primary N) is 1. The number of aromatic nitrogens is 2. The van der Waals surface area contributed by atoms with Crippen molar-refractivity contribution in [1.82, 2.24) is 9.78 Å². The number of hydrogen-bond donors (Lipinski definition) is 1. The third kappa shape index (κ3) is 3.20. The monoisotopic (exact) mass is 286 g/mol. The summed E-state index contributed by atoms with van der Waals surface area (Å²) < 4.78 is 1.88. The van der Waals surface area contributed by atoms with Gasteiger partial charge in [-0.1, -0.05) is 45.0 Å². The maximum Gasteiger partial charge on any atom is 0.150 e. The van der Waals surface area contributed by atoms with Crippen molar-refractivity contribution in [1.29, 1.82) is 0 Å². The van der Waals surface area contributed by atoms with Gasteiger partial charge in [-0.05, 0) is 23.5 Å². The highest BCUT2D eigenvalue weighted by atomic mass is 15.4. The molecule has 0 aliphatic heterocycles. The average molecular weight is 286 g/mol. The van der Waals surface area contributed by atoms with Crippen molar-refractivity contribution >= 4 is 11.5 Å². The van der Waals surface area contributed by atoms with Gasteiger partial charge in [0.1, 0.15) is 5.82 Å². The Hall–Kier alpha value is -1.97. The predicted octanol–water partition coefficient (Wildman–Crippen LogP) is 3.32. The third-order valence-corrected chi connectivity index (χ3v) is 3.84. The maximum atomic E-state index is 6.28. The Morgan fingerprint density at radius 2 is 1.76 bits per heavy atom. The molecule has 21 heavy (non-hydrogen) atoms. The molecule has 1 heterocycles. The summed E-state index contributed by atoms with van der Waals surface area (Å²) >= 11 is 0. The molecule has 0 aliphatic carbocycles. The van der Waals surface area contributed by atoms with E-state index in [0.29, 0.717) is 5.92 Å². The van der Waals surface area contributed by atoms with E-state index in [0.717, 1.165) is 30.2 Å². The summed E-state index contributed by atoms with van der Waals surface area (Å²) in [5, 5.41) is 4.55. The number of hydrogen-bond acceptors (Lipinski definition) is 3. The van der Waals surface area contributed by atoms with Crippen LogP contribution in [0.15, 0.2) is 24.3 Å². The van der Waals surface area contributed by atoms with Crippen LogP contribution in [0.1, 0.15) is 43.5 Å². The van der Waals surface area contributed by atoms with Crippen LogP contribution in [-0.2, 0) is 20.0 Å². The van der Waals surface area contributed by atoms with Gasteiger partial charge in [-0.15, -0.1) is 0 Å². The minimum Gasteiger partial charge on any atom is -0.394 e. The summed E-state index contributed by atoms with van der Waals surface area (Å²) in [6.45, 7) is 7.23. The first kappa shape index (κ1) is 15.4. The van der Waals surface area contributed by atoms with Crippen molar-refractivity contribution in [2.75, 3.05) is 17.7 Å². The fourth-order valence-electron chi connectivity index (χ4n) is 2.66. The largest absolute Gasteiger partial charge is 0.394 e. The Bertz CT molecular complexity index is 596. The van der Waals surface area contributed by atoms with Gasteiger partial charge in [-0.3, -0.25) is 4.68 Å². The van der Waals surface area contributed by atoms with Crippen LogP contribution < -0.4 is 10.6 Å². The SMILES string of the molecule is CCc1ccc(CN(C)c2c(N)c(C(C)C)nn2C)cc1. The molecule has 0 atom stereocenters. The number of nitrogen functional groups attached to an aromatic ring is 1. The van der Waals surface area contributed by atoms with Crippen LogP contribution in [0.3, 0.4) is 0 Å². The minimum atomic E-state index is 0.335. The molecule has 2 N–H and O–H groups in total. The Morgan fingerprint density at radius 3 is 2.24 bits per heavy atom. The minimum absolute atomic E-state index is 0.335. The molecular formula is C17H26N4. The number of nitrogens with zero attached hydrogens (tertiary/aromatic N) is 3. The van der Waals surface area contributed by atoms with Crippen LogP contribution in [-0.4, -0.2) is 16.8 Å². The third-order valence-electron chi connectivity index (χ3n) is 3.84. The highest BCUT2D eigenvalue weighted by Gasteiger charge is 2.18. The van der Waals surface area contributed by atoms with Crippen molar-refractivity contribution in [3.8, 4) is 0 Å². The lowest BCUT2D eigenvalue weighted by Crippen LogP contribution is -2.20. The van der Waals surface area contributed by atoms with Gasteiger partial charge < -0.3 is 10.6 Å². The molecule has 0 radical (unpaired) electrons. The molecule has 0 saturated carbocycles. The van der Waals surface area contributed by atoms with E-state index in [-0.39, 0.29) is 0 Å². The maximum absolute atomic E-state index is 6.28. The summed E-state index contributed by atoms with van der Waals surface area (Å²) in [5.74, 6) is 1.32. The molecule has 0 amide bonds. The van der Waals surface area contributed by atoms with Gasteiger partial charge in [0.05, 0.1) is 11.4 Å². The van der Waals surface area contributed by atoms with Crippen LogP contribution >= 0.6 is 0 Å². The van der Waals surface area contributed by atoms with Crippen LogP contribution in [0, 0.1) is 0 Å². The number of anilines is 2. The molecule has 0 fully saturated rings.